The van der Waals surface area contributed by atoms with Crippen molar-refractivity contribution in [3.05, 3.63) is 80.4 Å². The fourth-order valence-electron chi connectivity index (χ4n) is 3.12. The molecule has 1 aromatic carbocycles. The number of hydrogen-bond acceptors (Lipinski definition) is 5. The Morgan fingerprint density at radius 3 is 2.73 bits per heavy atom. The standard InChI is InChI=1S/C21H18BrN5O3/c1-3-13-12(2)23-21(25-19(13)28)27-18(11-16(26-27)17-9-6-10-30-17)24-20(29)14-7-4-5-8-15(14)22/h4-11H,3H2,1-2H3,(H,24,29)(H,23,25,28). The molecule has 3 heterocycles. The molecule has 1 amide bonds. The summed E-state index contributed by atoms with van der Waals surface area (Å²) in [4.78, 5) is 32.5. The number of rotatable bonds is 5. The molecule has 0 aliphatic rings. The van der Waals surface area contributed by atoms with Crippen LogP contribution in [0.2, 0.25) is 0 Å². The van der Waals surface area contributed by atoms with Crippen LogP contribution in [0.15, 0.2) is 62.4 Å². The van der Waals surface area contributed by atoms with Crippen molar-refractivity contribution in [3.63, 3.8) is 0 Å². The number of H-pyrrole nitrogens is 1. The number of nitrogens with zero attached hydrogens (tertiary/aromatic N) is 3. The van der Waals surface area contributed by atoms with Crippen LogP contribution in [0, 0.1) is 6.92 Å². The maximum atomic E-state index is 12.9. The van der Waals surface area contributed by atoms with Gasteiger partial charge in [0.15, 0.2) is 5.76 Å². The minimum Gasteiger partial charge on any atom is -0.463 e. The molecule has 8 nitrogen and oxygen atoms in total. The number of aromatic amines is 1. The smallest absolute Gasteiger partial charge is 0.257 e. The van der Waals surface area contributed by atoms with Gasteiger partial charge in [-0.05, 0) is 53.5 Å². The Morgan fingerprint density at radius 1 is 1.27 bits per heavy atom. The van der Waals surface area contributed by atoms with Crippen LogP contribution in [0.1, 0.15) is 28.5 Å². The molecular formula is C21H18BrN5O3. The van der Waals surface area contributed by atoms with Crippen LogP contribution < -0.4 is 10.9 Å². The number of amides is 1. The molecule has 152 valence electrons. The first kappa shape index (κ1) is 19.8. The number of hydrogen-bond donors (Lipinski definition) is 2. The van der Waals surface area contributed by atoms with Crippen molar-refractivity contribution >= 4 is 27.7 Å². The van der Waals surface area contributed by atoms with Crippen molar-refractivity contribution in [1.29, 1.82) is 0 Å². The lowest BCUT2D eigenvalue weighted by Crippen LogP contribution is -2.22. The van der Waals surface area contributed by atoms with E-state index in [1.54, 1.807) is 43.3 Å². The number of carbonyl (C=O) groups is 1. The second-order valence-corrected chi connectivity index (χ2v) is 7.40. The lowest BCUT2D eigenvalue weighted by Gasteiger charge is -2.10. The van der Waals surface area contributed by atoms with E-state index < -0.39 is 0 Å². The van der Waals surface area contributed by atoms with E-state index in [0.717, 1.165) is 0 Å². The fraction of sp³-hybridized carbons (Fsp3) is 0.143. The van der Waals surface area contributed by atoms with Gasteiger partial charge in [-0.15, -0.1) is 0 Å². The van der Waals surface area contributed by atoms with Gasteiger partial charge < -0.3 is 9.73 Å². The number of anilines is 1. The first-order valence-electron chi connectivity index (χ1n) is 9.28. The lowest BCUT2D eigenvalue weighted by atomic mass is 10.2. The largest absolute Gasteiger partial charge is 0.463 e. The normalized spacial score (nSPS) is 10.9. The van der Waals surface area contributed by atoms with Crippen molar-refractivity contribution in [2.45, 2.75) is 20.3 Å². The van der Waals surface area contributed by atoms with E-state index in [9.17, 15) is 9.59 Å². The fourth-order valence-corrected chi connectivity index (χ4v) is 3.58. The van der Waals surface area contributed by atoms with Crippen molar-refractivity contribution in [2.24, 2.45) is 0 Å². The highest BCUT2D eigenvalue weighted by Crippen LogP contribution is 2.25. The van der Waals surface area contributed by atoms with E-state index in [-0.39, 0.29) is 17.4 Å². The summed E-state index contributed by atoms with van der Waals surface area (Å²) in [7, 11) is 0. The number of nitrogens with one attached hydrogen (secondary N) is 2. The van der Waals surface area contributed by atoms with Gasteiger partial charge in [-0.25, -0.2) is 4.98 Å². The Hall–Kier alpha value is -3.46. The van der Waals surface area contributed by atoms with Crippen molar-refractivity contribution in [1.82, 2.24) is 19.7 Å². The summed E-state index contributed by atoms with van der Waals surface area (Å²) in [5.74, 6) is 0.733. The average molecular weight is 468 g/mol. The van der Waals surface area contributed by atoms with Crippen LogP contribution >= 0.6 is 15.9 Å². The molecule has 0 atom stereocenters. The molecule has 0 aliphatic heterocycles. The minimum absolute atomic E-state index is 0.204. The third-order valence-corrected chi connectivity index (χ3v) is 5.30. The van der Waals surface area contributed by atoms with E-state index >= 15 is 0 Å². The molecule has 0 saturated heterocycles. The minimum atomic E-state index is -0.334. The predicted molar refractivity (Wildman–Crippen MR) is 116 cm³/mol. The van der Waals surface area contributed by atoms with Crippen molar-refractivity contribution in [3.8, 4) is 17.4 Å². The molecule has 9 heteroatoms. The van der Waals surface area contributed by atoms with Gasteiger partial charge in [-0.2, -0.15) is 9.78 Å². The van der Waals surface area contributed by atoms with Crippen molar-refractivity contribution < 1.29 is 9.21 Å². The Morgan fingerprint density at radius 2 is 2.07 bits per heavy atom. The van der Waals surface area contributed by atoms with Gasteiger partial charge in [0.2, 0.25) is 5.95 Å². The van der Waals surface area contributed by atoms with Crippen LogP contribution in [0.3, 0.4) is 0 Å². The molecule has 2 N–H and O–H groups in total. The third-order valence-electron chi connectivity index (χ3n) is 4.61. The summed E-state index contributed by atoms with van der Waals surface area (Å²) < 4.78 is 7.48. The molecule has 0 aliphatic carbocycles. The summed E-state index contributed by atoms with van der Waals surface area (Å²) in [5, 5.41) is 7.34. The summed E-state index contributed by atoms with van der Waals surface area (Å²) in [6.45, 7) is 3.67. The molecule has 4 aromatic rings. The average Bonchev–Trinajstić information content (AvgIpc) is 3.38. The Bertz CT molecular complexity index is 1270. The highest BCUT2D eigenvalue weighted by atomic mass is 79.9. The SMILES string of the molecule is CCc1c(C)nc(-n2nc(-c3ccco3)cc2NC(=O)c2ccccc2Br)[nH]c1=O. The number of aryl methyl sites for hydroxylation is 1. The topological polar surface area (TPSA) is 106 Å². The summed E-state index contributed by atoms with van der Waals surface area (Å²) in [6, 6.07) is 12.3. The van der Waals surface area contributed by atoms with Crippen LogP contribution in [0.5, 0.6) is 0 Å². The molecular weight excluding hydrogens is 450 g/mol. The number of furan rings is 1. The Balaban J connectivity index is 1.81. The van der Waals surface area contributed by atoms with E-state index in [1.165, 1.54) is 10.9 Å². The molecule has 0 fully saturated rings. The van der Waals surface area contributed by atoms with Gasteiger partial charge in [0.1, 0.15) is 11.5 Å². The van der Waals surface area contributed by atoms with Crippen molar-refractivity contribution in [2.75, 3.05) is 5.32 Å². The zero-order valence-corrected chi connectivity index (χ0v) is 17.9. The van der Waals surface area contributed by atoms with Crippen LogP contribution in [0.4, 0.5) is 5.82 Å². The predicted octanol–water partition coefficient (Wildman–Crippen LogP) is 4.10. The van der Waals surface area contributed by atoms with Gasteiger partial charge in [0.25, 0.3) is 11.5 Å². The van der Waals surface area contributed by atoms with E-state index in [0.29, 0.717) is 45.0 Å². The third kappa shape index (κ3) is 3.71. The maximum Gasteiger partial charge on any atom is 0.257 e. The number of carbonyl (C=O) groups excluding carboxylic acids is 1. The maximum absolute atomic E-state index is 12.9. The first-order chi connectivity index (χ1) is 14.5. The molecule has 0 radical (unpaired) electrons. The zero-order valence-electron chi connectivity index (χ0n) is 16.3. The highest BCUT2D eigenvalue weighted by Gasteiger charge is 2.19. The molecule has 4 rings (SSSR count). The number of halogens is 1. The molecule has 0 saturated carbocycles. The number of benzene rings is 1. The van der Waals surface area contributed by atoms with E-state index in [2.05, 4.69) is 36.3 Å². The first-order valence-corrected chi connectivity index (χ1v) is 10.1. The van der Waals surface area contributed by atoms with Gasteiger partial charge in [0, 0.05) is 21.8 Å². The Labute approximate surface area is 180 Å². The van der Waals surface area contributed by atoms with Gasteiger partial charge in [0.05, 0.1) is 11.8 Å². The monoisotopic (exact) mass is 467 g/mol. The quantitative estimate of drug-likeness (QED) is 0.459. The second-order valence-electron chi connectivity index (χ2n) is 6.54. The van der Waals surface area contributed by atoms with Crippen LogP contribution in [-0.4, -0.2) is 25.7 Å². The second kappa shape index (κ2) is 8.11. The lowest BCUT2D eigenvalue weighted by molar-refractivity contribution is 0.102. The summed E-state index contributed by atoms with van der Waals surface area (Å²) in [5.41, 5.74) is 1.93. The number of aromatic nitrogens is 4. The summed E-state index contributed by atoms with van der Waals surface area (Å²) >= 11 is 3.39. The molecule has 0 spiro atoms. The van der Waals surface area contributed by atoms with Gasteiger partial charge >= 0.3 is 0 Å². The van der Waals surface area contributed by atoms with E-state index in [1.807, 2.05) is 13.0 Å². The Kier molecular flexibility index (Phi) is 5.37. The molecule has 0 unspecified atom stereocenters. The zero-order chi connectivity index (χ0) is 21.3. The summed E-state index contributed by atoms with van der Waals surface area (Å²) in [6.07, 6.45) is 2.10. The van der Waals surface area contributed by atoms with Gasteiger partial charge in [-0.1, -0.05) is 19.1 Å². The molecule has 3 aromatic heterocycles. The van der Waals surface area contributed by atoms with E-state index in [4.69, 9.17) is 4.42 Å². The molecule has 30 heavy (non-hydrogen) atoms. The molecule has 0 bridgehead atoms. The van der Waals surface area contributed by atoms with Gasteiger partial charge in [-0.3, -0.25) is 14.6 Å². The van der Waals surface area contributed by atoms with Crippen LogP contribution in [0.25, 0.3) is 17.4 Å². The van der Waals surface area contributed by atoms with Crippen LogP contribution in [-0.2, 0) is 6.42 Å². The highest BCUT2D eigenvalue weighted by molar-refractivity contribution is 9.10.